The maximum Gasteiger partial charge on any atom is 0.329 e. The second kappa shape index (κ2) is 7.70. The van der Waals surface area contributed by atoms with Crippen molar-refractivity contribution in [1.29, 1.82) is 0 Å². The number of aromatic nitrogens is 2. The number of nitrogens with two attached hydrogens (primary N) is 1. The van der Waals surface area contributed by atoms with Gasteiger partial charge in [-0.2, -0.15) is 4.98 Å². The lowest BCUT2D eigenvalue weighted by Gasteiger charge is -2.19. The van der Waals surface area contributed by atoms with E-state index in [9.17, 15) is 10.1 Å². The third-order valence-electron chi connectivity index (χ3n) is 3.18. The zero-order chi connectivity index (χ0) is 16.8. The maximum absolute atomic E-state index is 10.7. The Labute approximate surface area is 137 Å². The van der Waals surface area contributed by atoms with Gasteiger partial charge in [-0.3, -0.25) is 10.1 Å². The Bertz CT molecular complexity index is 681. The van der Waals surface area contributed by atoms with Crippen molar-refractivity contribution < 1.29 is 9.66 Å². The van der Waals surface area contributed by atoms with Crippen molar-refractivity contribution >= 4 is 29.1 Å². The number of benzene rings is 1. The summed E-state index contributed by atoms with van der Waals surface area (Å²) in [5.41, 5.74) is 6.22. The van der Waals surface area contributed by atoms with Crippen molar-refractivity contribution in [3.8, 4) is 0 Å². The molecule has 1 heterocycles. The number of rotatable bonds is 7. The fourth-order valence-corrected chi connectivity index (χ4v) is 2.13. The van der Waals surface area contributed by atoms with Crippen molar-refractivity contribution in [1.82, 2.24) is 9.97 Å². The highest BCUT2D eigenvalue weighted by molar-refractivity contribution is 6.30. The molecule has 1 unspecified atom stereocenters. The third kappa shape index (κ3) is 4.51. The molecule has 0 aliphatic carbocycles. The van der Waals surface area contributed by atoms with Gasteiger partial charge in [0.05, 0.1) is 11.0 Å². The lowest BCUT2D eigenvalue weighted by Crippen LogP contribution is -2.15. The zero-order valence-electron chi connectivity index (χ0n) is 12.4. The van der Waals surface area contributed by atoms with Gasteiger partial charge in [-0.15, -0.1) is 0 Å². The maximum atomic E-state index is 10.7. The molecular formula is C14H16ClN5O3. The van der Waals surface area contributed by atoms with Crippen LogP contribution in [0.3, 0.4) is 0 Å². The summed E-state index contributed by atoms with van der Waals surface area (Å²) >= 11 is 5.90. The van der Waals surface area contributed by atoms with Crippen LogP contribution in [0.2, 0.25) is 5.02 Å². The third-order valence-corrected chi connectivity index (χ3v) is 3.43. The van der Waals surface area contributed by atoms with E-state index in [-0.39, 0.29) is 23.5 Å². The number of hydrogen-bond donors (Lipinski definition) is 2. The monoisotopic (exact) mass is 337 g/mol. The van der Waals surface area contributed by atoms with Gasteiger partial charge >= 0.3 is 5.69 Å². The molecule has 0 saturated heterocycles. The van der Waals surface area contributed by atoms with Gasteiger partial charge in [-0.25, -0.2) is 4.98 Å². The summed E-state index contributed by atoms with van der Waals surface area (Å²) in [6, 6.07) is 7.18. The lowest BCUT2D eigenvalue weighted by atomic mass is 10.0. The molecule has 9 heteroatoms. The highest BCUT2D eigenvalue weighted by atomic mass is 35.5. The standard InChI is InChI=1S/C14H16ClN5O3/c1-23-7-6-11(9-2-4-10(15)5-3-9)18-14-17-8-12(20(21)22)13(16)19-14/h2-5,8,11H,6-7H2,1H3,(H3,16,17,18,19). The summed E-state index contributed by atoms with van der Waals surface area (Å²) in [7, 11) is 1.61. The summed E-state index contributed by atoms with van der Waals surface area (Å²) in [5.74, 6) is 0.0262. The molecule has 0 amide bonds. The summed E-state index contributed by atoms with van der Waals surface area (Å²) in [6.45, 7) is 0.517. The van der Waals surface area contributed by atoms with E-state index in [1.807, 2.05) is 12.1 Å². The molecule has 2 rings (SSSR count). The average molecular weight is 338 g/mol. The summed E-state index contributed by atoms with van der Waals surface area (Å²) in [5, 5.41) is 14.5. The summed E-state index contributed by atoms with van der Waals surface area (Å²) in [4.78, 5) is 18.0. The second-order valence-corrected chi connectivity index (χ2v) is 5.19. The van der Waals surface area contributed by atoms with Gasteiger partial charge < -0.3 is 15.8 Å². The van der Waals surface area contributed by atoms with Crippen molar-refractivity contribution in [2.45, 2.75) is 12.5 Å². The number of nitrogen functional groups attached to an aromatic ring is 1. The van der Waals surface area contributed by atoms with Crippen molar-refractivity contribution in [2.24, 2.45) is 0 Å². The lowest BCUT2D eigenvalue weighted by molar-refractivity contribution is -0.384. The number of nitrogens with zero attached hydrogens (tertiary/aromatic N) is 3. The first-order chi connectivity index (χ1) is 11.0. The van der Waals surface area contributed by atoms with E-state index in [1.54, 1.807) is 19.2 Å². The van der Waals surface area contributed by atoms with Crippen molar-refractivity contribution in [3.05, 3.63) is 51.2 Å². The van der Waals surface area contributed by atoms with Crippen LogP contribution in [0.25, 0.3) is 0 Å². The van der Waals surface area contributed by atoms with Crippen molar-refractivity contribution in [2.75, 3.05) is 24.8 Å². The van der Waals surface area contributed by atoms with E-state index in [0.29, 0.717) is 18.1 Å². The molecular weight excluding hydrogens is 322 g/mol. The Kier molecular flexibility index (Phi) is 5.67. The molecule has 0 aliphatic rings. The number of methoxy groups -OCH3 is 1. The van der Waals surface area contributed by atoms with E-state index < -0.39 is 4.92 Å². The predicted molar refractivity (Wildman–Crippen MR) is 87.4 cm³/mol. The van der Waals surface area contributed by atoms with Crippen LogP contribution in [0.15, 0.2) is 30.5 Å². The Morgan fingerprint density at radius 3 is 2.70 bits per heavy atom. The molecule has 122 valence electrons. The Morgan fingerprint density at radius 2 is 2.13 bits per heavy atom. The Hall–Kier alpha value is -2.45. The van der Waals surface area contributed by atoms with Crippen LogP contribution in [0.4, 0.5) is 17.5 Å². The van der Waals surface area contributed by atoms with Gasteiger partial charge in [-0.1, -0.05) is 23.7 Å². The highest BCUT2D eigenvalue weighted by Gasteiger charge is 2.17. The number of anilines is 2. The molecule has 1 aromatic carbocycles. The van der Waals surface area contributed by atoms with E-state index in [0.717, 1.165) is 11.8 Å². The molecule has 23 heavy (non-hydrogen) atoms. The van der Waals surface area contributed by atoms with Crippen LogP contribution < -0.4 is 11.1 Å². The molecule has 8 nitrogen and oxygen atoms in total. The van der Waals surface area contributed by atoms with Gasteiger partial charge in [0.15, 0.2) is 0 Å². The Balaban J connectivity index is 2.22. The molecule has 3 N–H and O–H groups in total. The molecule has 0 saturated carbocycles. The van der Waals surface area contributed by atoms with Gasteiger partial charge in [-0.05, 0) is 24.1 Å². The molecule has 2 aromatic rings. The summed E-state index contributed by atoms with van der Waals surface area (Å²) < 4.78 is 5.11. The first-order valence-corrected chi connectivity index (χ1v) is 7.17. The highest BCUT2D eigenvalue weighted by Crippen LogP contribution is 2.25. The molecule has 0 radical (unpaired) electrons. The number of halogens is 1. The SMILES string of the molecule is COCCC(Nc1ncc([N+](=O)[O-])c(N)n1)c1ccc(Cl)cc1. The number of nitro groups is 1. The minimum Gasteiger partial charge on any atom is -0.385 e. The predicted octanol–water partition coefficient (Wildman–Crippen LogP) is 2.81. The van der Waals surface area contributed by atoms with Crippen LogP contribution in [0.5, 0.6) is 0 Å². The minimum atomic E-state index is -0.624. The number of hydrogen-bond acceptors (Lipinski definition) is 7. The van der Waals surface area contributed by atoms with Crippen LogP contribution in [-0.2, 0) is 4.74 Å². The fourth-order valence-electron chi connectivity index (χ4n) is 2.01. The number of ether oxygens (including phenoxy) is 1. The average Bonchev–Trinajstić information content (AvgIpc) is 2.52. The molecule has 0 spiro atoms. The first-order valence-electron chi connectivity index (χ1n) is 6.79. The minimum absolute atomic E-state index is 0.145. The van der Waals surface area contributed by atoms with Gasteiger partial charge in [0.1, 0.15) is 6.20 Å². The van der Waals surface area contributed by atoms with Gasteiger partial charge in [0.25, 0.3) is 0 Å². The summed E-state index contributed by atoms with van der Waals surface area (Å²) in [6.07, 6.45) is 1.73. The van der Waals surface area contributed by atoms with E-state index in [2.05, 4.69) is 15.3 Å². The first kappa shape index (κ1) is 16.9. The molecule has 0 bridgehead atoms. The second-order valence-electron chi connectivity index (χ2n) is 4.75. The molecule has 1 aromatic heterocycles. The van der Waals surface area contributed by atoms with Crippen LogP contribution >= 0.6 is 11.6 Å². The van der Waals surface area contributed by atoms with Crippen LogP contribution in [0.1, 0.15) is 18.0 Å². The normalized spacial score (nSPS) is 11.9. The topological polar surface area (TPSA) is 116 Å². The molecule has 0 aliphatic heterocycles. The van der Waals surface area contributed by atoms with E-state index in [1.165, 1.54) is 0 Å². The van der Waals surface area contributed by atoms with Crippen LogP contribution in [0, 0.1) is 10.1 Å². The molecule has 0 fully saturated rings. The Morgan fingerprint density at radius 1 is 1.43 bits per heavy atom. The van der Waals surface area contributed by atoms with Crippen LogP contribution in [-0.4, -0.2) is 28.6 Å². The van der Waals surface area contributed by atoms with Crippen molar-refractivity contribution in [3.63, 3.8) is 0 Å². The fraction of sp³-hybridized carbons (Fsp3) is 0.286. The molecule has 1 atom stereocenters. The largest absolute Gasteiger partial charge is 0.385 e. The van der Waals surface area contributed by atoms with E-state index >= 15 is 0 Å². The van der Waals surface area contributed by atoms with Gasteiger partial charge in [0, 0.05) is 18.7 Å². The van der Waals surface area contributed by atoms with E-state index in [4.69, 9.17) is 22.1 Å². The zero-order valence-corrected chi connectivity index (χ0v) is 13.2. The quantitative estimate of drug-likeness (QED) is 0.589. The number of nitrogens with one attached hydrogen (secondary N) is 1. The van der Waals surface area contributed by atoms with Gasteiger partial charge in [0.2, 0.25) is 11.8 Å². The smallest absolute Gasteiger partial charge is 0.329 e.